The Morgan fingerprint density at radius 1 is 0.929 bits per heavy atom. The smallest absolute Gasteiger partial charge is 0.211 e. The molecule has 1 atom stereocenters. The normalized spacial score (nSPS) is 15.0. The summed E-state index contributed by atoms with van der Waals surface area (Å²) in [6.07, 6.45) is 1.47. The second-order valence-corrected chi connectivity index (χ2v) is 5.39. The Kier molecular flexibility index (Phi) is 4.36. The molecule has 1 aliphatic heterocycles. The number of nitriles is 2. The number of nitrogens with one attached hydrogen (secondary N) is 2. The van der Waals surface area contributed by atoms with Crippen LogP contribution in [0.2, 0.25) is 0 Å². The Bertz CT molecular complexity index is 1100. The second-order valence-electron chi connectivity index (χ2n) is 5.39. The average molecular weight is 394 g/mol. The highest BCUT2D eigenvalue weighted by atomic mass is 19.2. The zero-order chi connectivity index (χ0) is 20.7. The van der Waals surface area contributed by atoms with Gasteiger partial charge in [-0.2, -0.15) is 10.5 Å². The number of fused-ring (bicyclic) bond motifs is 1. The van der Waals surface area contributed by atoms with Gasteiger partial charge in [0.25, 0.3) is 0 Å². The highest BCUT2D eigenvalue weighted by molar-refractivity contribution is 5.98. The third-order valence-corrected chi connectivity index (χ3v) is 3.87. The van der Waals surface area contributed by atoms with Crippen molar-refractivity contribution >= 4 is 23.3 Å². The molecule has 3 rings (SSSR count). The molecule has 0 bridgehead atoms. The number of rotatable bonds is 1. The Morgan fingerprint density at radius 3 is 2.04 bits per heavy atom. The summed E-state index contributed by atoms with van der Waals surface area (Å²) < 4.78 is 69.4. The molecule has 6 N–H and O–H groups in total. The molecule has 28 heavy (non-hydrogen) atoms. The Hall–Kier alpha value is -4.13. The van der Waals surface area contributed by atoms with Crippen LogP contribution >= 0.6 is 0 Å². The van der Waals surface area contributed by atoms with Crippen molar-refractivity contribution in [2.75, 3.05) is 16.8 Å². The highest BCUT2D eigenvalue weighted by Crippen LogP contribution is 2.43. The van der Waals surface area contributed by atoms with Gasteiger partial charge in [0.1, 0.15) is 29.3 Å². The number of halogens is 5. The molecule has 0 aliphatic carbocycles. The predicted molar refractivity (Wildman–Crippen MR) is 85.7 cm³/mol. The lowest BCUT2D eigenvalue weighted by Crippen LogP contribution is -2.33. The zero-order valence-corrected chi connectivity index (χ0v) is 13.4. The van der Waals surface area contributed by atoms with Crippen LogP contribution < -0.4 is 22.1 Å². The van der Waals surface area contributed by atoms with Gasteiger partial charge >= 0.3 is 0 Å². The third kappa shape index (κ3) is 2.57. The molecule has 1 aromatic carbocycles. The summed E-state index contributed by atoms with van der Waals surface area (Å²) in [5.41, 5.74) is 8.93. The van der Waals surface area contributed by atoms with Crippen molar-refractivity contribution in [1.29, 1.82) is 10.5 Å². The summed E-state index contributed by atoms with van der Waals surface area (Å²) in [6.45, 7) is 0. The van der Waals surface area contributed by atoms with E-state index in [-0.39, 0.29) is 22.8 Å². The molecule has 1 aliphatic rings. The summed E-state index contributed by atoms with van der Waals surface area (Å²) in [7, 11) is 0. The maximum Gasteiger partial charge on any atom is 0.211 e. The van der Waals surface area contributed by atoms with Gasteiger partial charge in [-0.3, -0.25) is 5.32 Å². The Balaban J connectivity index is 2.40. The van der Waals surface area contributed by atoms with E-state index in [2.05, 4.69) is 15.3 Å². The summed E-state index contributed by atoms with van der Waals surface area (Å²) in [6, 6.07) is -0.289. The number of nitrogens with zero attached hydrogens (tertiary/aromatic N) is 4. The molecule has 0 radical (unpaired) electrons. The van der Waals surface area contributed by atoms with Gasteiger partial charge in [0.05, 0.1) is 11.3 Å². The van der Waals surface area contributed by atoms with Crippen molar-refractivity contribution < 1.29 is 22.0 Å². The molecule has 1 aromatic heterocycles. The van der Waals surface area contributed by atoms with Gasteiger partial charge in [-0.1, -0.05) is 0 Å². The molecule has 13 heteroatoms. The molecule has 1 unspecified atom stereocenters. The van der Waals surface area contributed by atoms with E-state index in [4.69, 9.17) is 22.0 Å². The molecule has 0 fully saturated rings. The van der Waals surface area contributed by atoms with Crippen LogP contribution in [0.15, 0.2) is 4.99 Å². The van der Waals surface area contributed by atoms with Gasteiger partial charge in [0, 0.05) is 5.56 Å². The number of guanidine groups is 1. The van der Waals surface area contributed by atoms with E-state index in [1.54, 1.807) is 6.07 Å². The van der Waals surface area contributed by atoms with Crippen LogP contribution in [0, 0.1) is 51.9 Å². The fourth-order valence-electron chi connectivity index (χ4n) is 2.65. The van der Waals surface area contributed by atoms with Crippen LogP contribution in [-0.4, -0.2) is 10.9 Å². The largest absolute Gasteiger partial charge is 0.397 e. The van der Waals surface area contributed by atoms with E-state index in [1.165, 1.54) is 6.19 Å². The van der Waals surface area contributed by atoms with Crippen LogP contribution in [0.4, 0.5) is 39.3 Å². The number of nitrogens with two attached hydrogens (primary N) is 2. The van der Waals surface area contributed by atoms with Crippen molar-refractivity contribution in [2.24, 2.45) is 4.99 Å². The number of benzene rings is 1. The molecule has 0 amide bonds. The monoisotopic (exact) mass is 394 g/mol. The van der Waals surface area contributed by atoms with Gasteiger partial charge in [-0.15, -0.1) is 0 Å². The number of hydrogen-bond acceptors (Lipinski definition) is 8. The first-order valence-electron chi connectivity index (χ1n) is 7.23. The van der Waals surface area contributed by atoms with E-state index in [0.717, 1.165) is 0 Å². The molecular weight excluding hydrogens is 387 g/mol. The number of aromatic nitrogens is 1. The van der Waals surface area contributed by atoms with E-state index >= 15 is 0 Å². The molecule has 2 aromatic rings. The van der Waals surface area contributed by atoms with Crippen molar-refractivity contribution in [3.63, 3.8) is 0 Å². The molecule has 142 valence electrons. The van der Waals surface area contributed by atoms with E-state index in [9.17, 15) is 22.0 Å². The maximum absolute atomic E-state index is 14.3. The van der Waals surface area contributed by atoms with Crippen molar-refractivity contribution in [3.05, 3.63) is 45.8 Å². The number of aliphatic imine (C=N–C) groups is 1. The topological polar surface area (TPSA) is 149 Å². The van der Waals surface area contributed by atoms with Crippen molar-refractivity contribution in [2.45, 2.75) is 6.04 Å². The summed E-state index contributed by atoms with van der Waals surface area (Å²) in [4.78, 5) is 7.55. The van der Waals surface area contributed by atoms with E-state index < -0.39 is 52.3 Å². The minimum absolute atomic E-state index is 0.282. The molecule has 0 saturated heterocycles. The number of nitrogen functional groups attached to an aromatic ring is 2. The van der Waals surface area contributed by atoms with Crippen molar-refractivity contribution in [3.8, 4) is 12.3 Å². The molecule has 0 saturated carbocycles. The van der Waals surface area contributed by atoms with Gasteiger partial charge < -0.3 is 16.8 Å². The summed E-state index contributed by atoms with van der Waals surface area (Å²) >= 11 is 0. The minimum atomic E-state index is -2.35. The van der Waals surface area contributed by atoms with E-state index in [1.807, 2.05) is 5.32 Å². The molecule has 8 nitrogen and oxygen atoms in total. The highest BCUT2D eigenvalue weighted by Gasteiger charge is 2.37. The zero-order valence-electron chi connectivity index (χ0n) is 13.4. The first kappa shape index (κ1) is 18.7. The van der Waals surface area contributed by atoms with E-state index in [0.29, 0.717) is 0 Å². The maximum atomic E-state index is 14.3. The van der Waals surface area contributed by atoms with Crippen LogP contribution in [-0.2, 0) is 0 Å². The molecule has 2 heterocycles. The van der Waals surface area contributed by atoms with Gasteiger partial charge in [0.15, 0.2) is 29.5 Å². The van der Waals surface area contributed by atoms with Crippen molar-refractivity contribution in [1.82, 2.24) is 10.3 Å². The average Bonchev–Trinajstić information content (AvgIpc) is 2.65. The lowest BCUT2D eigenvalue weighted by atomic mass is 9.94. The standard InChI is InChI=1S/C15H7F5N8/c16-6-4(7(17)9(19)10(20)8(6)18)12-5-11(23)3(1-21)13(24)27-14(5)28-15(26-12)25-2-22/h12H,(H6,23,24,25,26,27,28). The minimum Gasteiger partial charge on any atom is -0.397 e. The first-order valence-corrected chi connectivity index (χ1v) is 7.23. The van der Waals surface area contributed by atoms with Crippen LogP contribution in [0.1, 0.15) is 22.7 Å². The van der Waals surface area contributed by atoms with Gasteiger partial charge in [0.2, 0.25) is 11.8 Å². The predicted octanol–water partition coefficient (Wildman–Crippen LogP) is 1.75. The van der Waals surface area contributed by atoms with Crippen LogP contribution in [0.5, 0.6) is 0 Å². The van der Waals surface area contributed by atoms with Crippen LogP contribution in [0.25, 0.3) is 0 Å². The summed E-state index contributed by atoms with van der Waals surface area (Å²) in [5.74, 6) is -12.1. The summed E-state index contributed by atoms with van der Waals surface area (Å²) in [5, 5.41) is 22.3. The number of pyridine rings is 1. The van der Waals surface area contributed by atoms with Gasteiger partial charge in [-0.05, 0) is 0 Å². The second kappa shape index (κ2) is 6.55. The van der Waals surface area contributed by atoms with Gasteiger partial charge in [-0.25, -0.2) is 31.9 Å². The van der Waals surface area contributed by atoms with Crippen LogP contribution in [0.3, 0.4) is 0 Å². The Morgan fingerprint density at radius 2 is 1.50 bits per heavy atom. The Labute approximate surface area is 152 Å². The fraction of sp³-hybridized carbons (Fsp3) is 0.0667. The number of hydrogen-bond donors (Lipinski definition) is 4. The lowest BCUT2D eigenvalue weighted by Gasteiger charge is -2.26. The lowest BCUT2D eigenvalue weighted by molar-refractivity contribution is 0.367. The molecule has 0 spiro atoms. The quantitative estimate of drug-likeness (QED) is 0.189. The first-order chi connectivity index (χ1) is 13.2. The number of anilines is 3. The third-order valence-electron chi connectivity index (χ3n) is 3.87. The fourth-order valence-corrected chi connectivity index (χ4v) is 2.65. The molecular formula is C15H7F5N8. The SMILES string of the molecule is N#CNC1=NC(c2c(F)c(F)c(F)c(F)c2F)c2c(nc(N)c(C#N)c2N)N1.